The molecule has 14 heavy (non-hydrogen) atoms. The minimum absolute atomic E-state index is 0.118. The molecule has 0 radical (unpaired) electrons. The summed E-state index contributed by atoms with van der Waals surface area (Å²) in [5.74, 6) is 0.223. The summed E-state index contributed by atoms with van der Waals surface area (Å²) in [7, 11) is 0. The van der Waals surface area contributed by atoms with Crippen LogP contribution in [-0.2, 0) is 4.79 Å². The Balaban J connectivity index is 3.44. The van der Waals surface area contributed by atoms with Crippen LogP contribution in [0.15, 0.2) is 0 Å². The molecule has 0 saturated carbocycles. The molecule has 0 aromatic rings. The van der Waals surface area contributed by atoms with Crippen molar-refractivity contribution in [1.82, 2.24) is 4.90 Å². The van der Waals surface area contributed by atoms with Gasteiger partial charge in [0.2, 0.25) is 0 Å². The number of nitrogens with zero attached hydrogens (tertiary/aromatic N) is 1. The molecule has 0 aromatic carbocycles. The maximum absolute atomic E-state index is 10.6. The molecule has 0 spiro atoms. The van der Waals surface area contributed by atoms with Crippen LogP contribution in [0.4, 0.5) is 0 Å². The van der Waals surface area contributed by atoms with Gasteiger partial charge in [0.25, 0.3) is 0 Å². The minimum Gasteiger partial charge on any atom is -0.395 e. The monoisotopic (exact) mass is 203 g/mol. The third-order valence-electron chi connectivity index (χ3n) is 2.09. The fourth-order valence-corrected chi connectivity index (χ4v) is 1.33. The van der Waals surface area contributed by atoms with Crippen molar-refractivity contribution in [1.29, 1.82) is 0 Å². The van der Waals surface area contributed by atoms with Gasteiger partial charge in [-0.3, -0.25) is 4.90 Å². The Morgan fingerprint density at radius 3 is 2.07 bits per heavy atom. The summed E-state index contributed by atoms with van der Waals surface area (Å²) >= 11 is 0. The van der Waals surface area contributed by atoms with Crippen molar-refractivity contribution in [3.05, 3.63) is 0 Å². The van der Waals surface area contributed by atoms with E-state index in [2.05, 4.69) is 0 Å². The molecule has 0 aliphatic rings. The molecule has 0 atom stereocenters. The highest BCUT2D eigenvalue weighted by molar-refractivity contribution is 5.75. The molecular formula is C10H21NO3. The second-order valence-corrected chi connectivity index (χ2v) is 3.45. The lowest BCUT2D eigenvalue weighted by atomic mass is 10.2. The van der Waals surface area contributed by atoms with Crippen LogP contribution in [0.5, 0.6) is 0 Å². The minimum atomic E-state index is 0.118. The Labute approximate surface area is 85.5 Å². The van der Waals surface area contributed by atoms with E-state index in [1.54, 1.807) is 6.92 Å². The molecular weight excluding hydrogens is 182 g/mol. The van der Waals surface area contributed by atoms with Gasteiger partial charge in [-0.2, -0.15) is 0 Å². The number of rotatable bonds is 9. The number of hydrogen-bond acceptors (Lipinski definition) is 4. The molecule has 4 nitrogen and oxygen atoms in total. The van der Waals surface area contributed by atoms with Gasteiger partial charge in [0.15, 0.2) is 0 Å². The second kappa shape index (κ2) is 9.12. The number of hydrogen-bond donors (Lipinski definition) is 2. The normalized spacial score (nSPS) is 10.9. The highest BCUT2D eigenvalue weighted by Gasteiger charge is 2.02. The fourth-order valence-electron chi connectivity index (χ4n) is 1.33. The summed E-state index contributed by atoms with van der Waals surface area (Å²) < 4.78 is 0. The van der Waals surface area contributed by atoms with Gasteiger partial charge in [0, 0.05) is 19.5 Å². The number of aliphatic hydroxyl groups excluding tert-OH is 2. The topological polar surface area (TPSA) is 60.8 Å². The van der Waals surface area contributed by atoms with Crippen LogP contribution in [0.1, 0.15) is 26.2 Å². The van der Waals surface area contributed by atoms with E-state index in [0.717, 1.165) is 19.4 Å². The van der Waals surface area contributed by atoms with Crippen LogP contribution in [0.2, 0.25) is 0 Å². The smallest absolute Gasteiger partial charge is 0.129 e. The lowest BCUT2D eigenvalue weighted by molar-refractivity contribution is -0.117. The number of ketones is 1. The third kappa shape index (κ3) is 8.16. The Bertz CT molecular complexity index is 144. The van der Waals surface area contributed by atoms with Gasteiger partial charge in [0.05, 0.1) is 13.2 Å². The van der Waals surface area contributed by atoms with E-state index in [-0.39, 0.29) is 19.0 Å². The zero-order chi connectivity index (χ0) is 10.8. The number of Topliss-reactive ketones (excluding diaryl/α,β-unsaturated/α-hetero) is 1. The molecule has 0 unspecified atom stereocenters. The maximum Gasteiger partial charge on any atom is 0.129 e. The molecule has 0 saturated heterocycles. The van der Waals surface area contributed by atoms with E-state index in [1.807, 2.05) is 4.90 Å². The zero-order valence-corrected chi connectivity index (χ0v) is 8.91. The van der Waals surface area contributed by atoms with E-state index in [4.69, 9.17) is 10.2 Å². The van der Waals surface area contributed by atoms with Crippen LogP contribution in [0.3, 0.4) is 0 Å². The first-order valence-electron chi connectivity index (χ1n) is 5.14. The molecule has 84 valence electrons. The number of aliphatic hydroxyl groups is 2. The van der Waals surface area contributed by atoms with Crippen molar-refractivity contribution < 1.29 is 15.0 Å². The molecule has 0 heterocycles. The van der Waals surface area contributed by atoms with Crippen LogP contribution in [0.25, 0.3) is 0 Å². The van der Waals surface area contributed by atoms with Gasteiger partial charge in [-0.05, 0) is 26.3 Å². The number of unbranched alkanes of at least 4 members (excludes halogenated alkanes) is 1. The van der Waals surface area contributed by atoms with E-state index in [1.165, 1.54) is 0 Å². The zero-order valence-electron chi connectivity index (χ0n) is 8.91. The van der Waals surface area contributed by atoms with Crippen LogP contribution >= 0.6 is 0 Å². The van der Waals surface area contributed by atoms with Crippen LogP contribution in [-0.4, -0.2) is 53.7 Å². The summed E-state index contributed by atoms with van der Waals surface area (Å²) in [5.41, 5.74) is 0. The molecule has 2 N–H and O–H groups in total. The van der Waals surface area contributed by atoms with Gasteiger partial charge >= 0.3 is 0 Å². The molecule has 0 aliphatic heterocycles. The van der Waals surface area contributed by atoms with Crippen molar-refractivity contribution in [2.75, 3.05) is 32.8 Å². The predicted molar refractivity (Wildman–Crippen MR) is 55.1 cm³/mol. The van der Waals surface area contributed by atoms with E-state index in [0.29, 0.717) is 19.5 Å². The summed E-state index contributed by atoms with van der Waals surface area (Å²) in [6.07, 6.45) is 2.47. The lowest BCUT2D eigenvalue weighted by Gasteiger charge is -2.19. The lowest BCUT2D eigenvalue weighted by Crippen LogP contribution is -2.30. The molecule has 0 rings (SSSR count). The Kier molecular flexibility index (Phi) is 8.83. The average Bonchev–Trinajstić information content (AvgIpc) is 2.12. The van der Waals surface area contributed by atoms with E-state index < -0.39 is 0 Å². The van der Waals surface area contributed by atoms with Gasteiger partial charge in [-0.1, -0.05) is 0 Å². The SMILES string of the molecule is CC(=O)CCCCN(CCO)CCO. The van der Waals surface area contributed by atoms with E-state index >= 15 is 0 Å². The van der Waals surface area contributed by atoms with E-state index in [9.17, 15) is 4.79 Å². The van der Waals surface area contributed by atoms with Gasteiger partial charge < -0.3 is 15.0 Å². The van der Waals surface area contributed by atoms with Gasteiger partial charge in [-0.15, -0.1) is 0 Å². The Hall–Kier alpha value is -0.450. The van der Waals surface area contributed by atoms with Crippen LogP contribution < -0.4 is 0 Å². The molecule has 0 amide bonds. The van der Waals surface area contributed by atoms with Crippen molar-refractivity contribution in [3.8, 4) is 0 Å². The van der Waals surface area contributed by atoms with Crippen molar-refractivity contribution in [2.45, 2.75) is 26.2 Å². The first kappa shape index (κ1) is 13.5. The maximum atomic E-state index is 10.6. The molecule has 0 fully saturated rings. The van der Waals surface area contributed by atoms with Crippen molar-refractivity contribution in [3.63, 3.8) is 0 Å². The number of carbonyl (C=O) groups excluding carboxylic acids is 1. The third-order valence-corrected chi connectivity index (χ3v) is 2.09. The first-order valence-corrected chi connectivity index (χ1v) is 5.14. The fraction of sp³-hybridized carbons (Fsp3) is 0.900. The standard InChI is InChI=1S/C10H21NO3/c1-10(14)4-2-3-5-11(6-8-12)7-9-13/h12-13H,2-9H2,1H3. The highest BCUT2D eigenvalue weighted by atomic mass is 16.3. The van der Waals surface area contributed by atoms with Crippen molar-refractivity contribution in [2.24, 2.45) is 0 Å². The molecule has 4 heteroatoms. The van der Waals surface area contributed by atoms with Crippen LogP contribution in [0, 0.1) is 0 Å². The molecule has 0 bridgehead atoms. The highest BCUT2D eigenvalue weighted by Crippen LogP contribution is 1.99. The van der Waals surface area contributed by atoms with Crippen molar-refractivity contribution >= 4 is 5.78 Å². The second-order valence-electron chi connectivity index (χ2n) is 3.45. The first-order chi connectivity index (χ1) is 6.70. The molecule has 0 aromatic heterocycles. The summed E-state index contributed by atoms with van der Waals surface area (Å²) in [4.78, 5) is 12.6. The summed E-state index contributed by atoms with van der Waals surface area (Å²) in [6.45, 7) is 3.87. The van der Waals surface area contributed by atoms with Gasteiger partial charge in [-0.25, -0.2) is 0 Å². The summed E-state index contributed by atoms with van der Waals surface area (Å²) in [5, 5.41) is 17.5. The molecule has 0 aliphatic carbocycles. The Morgan fingerprint density at radius 1 is 1.07 bits per heavy atom. The number of carbonyl (C=O) groups is 1. The quantitative estimate of drug-likeness (QED) is 0.519. The largest absolute Gasteiger partial charge is 0.395 e. The predicted octanol–water partition coefficient (Wildman–Crippen LogP) is 0.0323. The summed E-state index contributed by atoms with van der Waals surface area (Å²) in [6, 6.07) is 0. The van der Waals surface area contributed by atoms with Gasteiger partial charge in [0.1, 0.15) is 5.78 Å². The Morgan fingerprint density at radius 2 is 1.64 bits per heavy atom. The average molecular weight is 203 g/mol.